The minimum Gasteiger partial charge on any atom is -0.513 e. The van der Waals surface area contributed by atoms with Gasteiger partial charge in [-0.1, -0.05) is 39.5 Å². The van der Waals surface area contributed by atoms with E-state index in [0.717, 1.165) is 5.56 Å². The van der Waals surface area contributed by atoms with Crippen LogP contribution in [0.25, 0.3) is 0 Å². The first kappa shape index (κ1) is 13.7. The summed E-state index contributed by atoms with van der Waals surface area (Å²) in [6.07, 6.45) is 0.690. The lowest BCUT2D eigenvalue weighted by Crippen LogP contribution is -2.01. The zero-order chi connectivity index (χ0) is 11.8. The molecule has 0 bridgehead atoms. The molecular formula is C13H19FO. The third-order valence-electron chi connectivity index (χ3n) is 2.02. The van der Waals surface area contributed by atoms with Gasteiger partial charge in [-0.25, -0.2) is 4.39 Å². The molecule has 1 aromatic carbocycles. The van der Waals surface area contributed by atoms with Crippen LogP contribution in [0.5, 0.6) is 0 Å². The van der Waals surface area contributed by atoms with E-state index in [-0.39, 0.29) is 17.5 Å². The average Bonchev–Trinajstić information content (AvgIpc) is 2.24. The highest BCUT2D eigenvalue weighted by Gasteiger charge is 2.05. The molecule has 1 N–H and O–H groups in total. The molecule has 84 valence electrons. The summed E-state index contributed by atoms with van der Waals surface area (Å²) in [5.74, 6) is -0.0472. The standard InChI is InChI=1S/C11H13FO.C2H6/c1-8(9(2)13)7-10-3-5-11(12)6-4-10;1-2/h3-6,8,13H,2,7H2,1H3;1-2H3/t8-;/m1./s1. The van der Waals surface area contributed by atoms with E-state index < -0.39 is 0 Å². The maximum atomic E-state index is 12.5. The molecule has 0 spiro atoms. The summed E-state index contributed by atoms with van der Waals surface area (Å²) >= 11 is 0. The normalized spacial score (nSPS) is 11.2. The van der Waals surface area contributed by atoms with Gasteiger partial charge in [-0.2, -0.15) is 0 Å². The Kier molecular flexibility index (Phi) is 6.43. The van der Waals surface area contributed by atoms with Crippen molar-refractivity contribution in [2.75, 3.05) is 0 Å². The van der Waals surface area contributed by atoms with Gasteiger partial charge in [-0.15, -0.1) is 0 Å². The number of hydrogen-bond acceptors (Lipinski definition) is 1. The summed E-state index contributed by atoms with van der Waals surface area (Å²) in [5.41, 5.74) is 1.00. The minimum atomic E-state index is -0.237. The topological polar surface area (TPSA) is 20.2 Å². The van der Waals surface area contributed by atoms with E-state index in [2.05, 4.69) is 6.58 Å². The van der Waals surface area contributed by atoms with Gasteiger partial charge in [-0.3, -0.25) is 0 Å². The second kappa shape index (κ2) is 7.04. The van der Waals surface area contributed by atoms with Gasteiger partial charge in [0, 0.05) is 5.92 Å². The van der Waals surface area contributed by atoms with Crippen molar-refractivity contribution in [2.45, 2.75) is 27.2 Å². The van der Waals surface area contributed by atoms with Gasteiger partial charge >= 0.3 is 0 Å². The van der Waals surface area contributed by atoms with Crippen LogP contribution in [0.2, 0.25) is 0 Å². The second-order valence-electron chi connectivity index (χ2n) is 3.22. The van der Waals surface area contributed by atoms with Crippen molar-refractivity contribution in [1.29, 1.82) is 0 Å². The summed E-state index contributed by atoms with van der Waals surface area (Å²) in [5, 5.41) is 9.07. The van der Waals surface area contributed by atoms with E-state index in [1.807, 2.05) is 20.8 Å². The van der Waals surface area contributed by atoms with E-state index in [9.17, 15) is 4.39 Å². The van der Waals surface area contributed by atoms with Gasteiger partial charge < -0.3 is 5.11 Å². The van der Waals surface area contributed by atoms with E-state index in [0.29, 0.717) is 6.42 Å². The third kappa shape index (κ3) is 5.21. The fourth-order valence-corrected chi connectivity index (χ4v) is 1.09. The van der Waals surface area contributed by atoms with Crippen LogP contribution < -0.4 is 0 Å². The fraction of sp³-hybridized carbons (Fsp3) is 0.385. The van der Waals surface area contributed by atoms with Gasteiger partial charge in [0.05, 0.1) is 5.76 Å². The summed E-state index contributed by atoms with van der Waals surface area (Å²) in [4.78, 5) is 0. The maximum absolute atomic E-state index is 12.5. The molecule has 1 atom stereocenters. The highest BCUT2D eigenvalue weighted by Crippen LogP contribution is 2.13. The van der Waals surface area contributed by atoms with Crippen molar-refractivity contribution < 1.29 is 9.50 Å². The maximum Gasteiger partial charge on any atom is 0.123 e. The molecule has 0 heterocycles. The largest absolute Gasteiger partial charge is 0.513 e. The zero-order valence-electron chi connectivity index (χ0n) is 9.63. The molecule has 0 fully saturated rings. The predicted molar refractivity (Wildman–Crippen MR) is 62.4 cm³/mol. The van der Waals surface area contributed by atoms with Crippen LogP contribution in [0, 0.1) is 11.7 Å². The van der Waals surface area contributed by atoms with Crippen molar-refractivity contribution in [3.63, 3.8) is 0 Å². The SMILES string of the molecule is C=C(O)[C@H](C)Cc1ccc(F)cc1.CC. The van der Waals surface area contributed by atoms with Crippen LogP contribution in [0.4, 0.5) is 4.39 Å². The molecule has 0 unspecified atom stereocenters. The Morgan fingerprint density at radius 2 is 1.80 bits per heavy atom. The first-order chi connectivity index (χ1) is 7.09. The lowest BCUT2D eigenvalue weighted by Gasteiger charge is -2.08. The molecule has 1 rings (SSSR count). The highest BCUT2D eigenvalue weighted by molar-refractivity contribution is 5.17. The van der Waals surface area contributed by atoms with E-state index in [1.165, 1.54) is 12.1 Å². The highest BCUT2D eigenvalue weighted by atomic mass is 19.1. The van der Waals surface area contributed by atoms with Crippen LogP contribution in [0.1, 0.15) is 26.3 Å². The molecule has 0 amide bonds. The van der Waals surface area contributed by atoms with Gasteiger partial charge in [0.2, 0.25) is 0 Å². The quantitative estimate of drug-likeness (QED) is 0.744. The molecule has 0 radical (unpaired) electrons. The summed E-state index contributed by atoms with van der Waals surface area (Å²) in [7, 11) is 0. The summed E-state index contributed by atoms with van der Waals surface area (Å²) in [6, 6.07) is 6.27. The Hall–Kier alpha value is -1.31. The van der Waals surface area contributed by atoms with Gasteiger partial charge in [0.25, 0.3) is 0 Å². The zero-order valence-corrected chi connectivity index (χ0v) is 9.63. The number of rotatable bonds is 3. The molecule has 0 aliphatic carbocycles. The minimum absolute atomic E-state index is 0.0189. The van der Waals surface area contributed by atoms with Crippen LogP contribution in [-0.2, 0) is 6.42 Å². The van der Waals surface area contributed by atoms with Crippen molar-refractivity contribution in [3.05, 3.63) is 48.0 Å². The molecule has 0 aliphatic rings. The number of allylic oxidation sites excluding steroid dienone is 1. The van der Waals surface area contributed by atoms with Gasteiger partial charge in [0.15, 0.2) is 0 Å². The van der Waals surface area contributed by atoms with E-state index >= 15 is 0 Å². The Balaban J connectivity index is 0.000000921. The van der Waals surface area contributed by atoms with Crippen molar-refractivity contribution in [2.24, 2.45) is 5.92 Å². The monoisotopic (exact) mass is 210 g/mol. The Morgan fingerprint density at radius 1 is 1.33 bits per heavy atom. The van der Waals surface area contributed by atoms with Crippen LogP contribution in [0.3, 0.4) is 0 Å². The van der Waals surface area contributed by atoms with Crippen LogP contribution >= 0.6 is 0 Å². The lowest BCUT2D eigenvalue weighted by atomic mass is 10.00. The average molecular weight is 210 g/mol. The molecule has 15 heavy (non-hydrogen) atoms. The van der Waals surface area contributed by atoms with Crippen molar-refractivity contribution in [3.8, 4) is 0 Å². The van der Waals surface area contributed by atoms with Crippen molar-refractivity contribution in [1.82, 2.24) is 0 Å². The van der Waals surface area contributed by atoms with E-state index in [4.69, 9.17) is 5.11 Å². The number of aliphatic hydroxyl groups excluding tert-OH is 1. The molecular weight excluding hydrogens is 191 g/mol. The third-order valence-corrected chi connectivity index (χ3v) is 2.02. The molecule has 1 nitrogen and oxygen atoms in total. The predicted octanol–water partition coefficient (Wildman–Crippen LogP) is 4.10. The Bertz CT molecular complexity index is 290. The van der Waals surface area contributed by atoms with Crippen LogP contribution in [0.15, 0.2) is 36.6 Å². The Morgan fingerprint density at radius 3 is 2.20 bits per heavy atom. The van der Waals surface area contributed by atoms with Gasteiger partial charge in [0.1, 0.15) is 5.82 Å². The lowest BCUT2D eigenvalue weighted by molar-refractivity contribution is 0.342. The summed E-state index contributed by atoms with van der Waals surface area (Å²) < 4.78 is 12.5. The molecule has 2 heteroatoms. The molecule has 0 aliphatic heterocycles. The number of halogens is 1. The smallest absolute Gasteiger partial charge is 0.123 e. The Labute approximate surface area is 91.3 Å². The number of benzene rings is 1. The van der Waals surface area contributed by atoms with Crippen molar-refractivity contribution >= 4 is 0 Å². The van der Waals surface area contributed by atoms with Crippen LogP contribution in [-0.4, -0.2) is 5.11 Å². The molecule has 0 saturated heterocycles. The number of hydrogen-bond donors (Lipinski definition) is 1. The first-order valence-corrected chi connectivity index (χ1v) is 5.22. The fourth-order valence-electron chi connectivity index (χ4n) is 1.09. The number of aliphatic hydroxyl groups is 1. The molecule has 0 aromatic heterocycles. The van der Waals surface area contributed by atoms with E-state index in [1.54, 1.807) is 12.1 Å². The first-order valence-electron chi connectivity index (χ1n) is 5.22. The molecule has 1 aromatic rings. The molecule has 0 saturated carbocycles. The van der Waals surface area contributed by atoms with Gasteiger partial charge in [-0.05, 0) is 24.1 Å². The second-order valence-corrected chi connectivity index (χ2v) is 3.22. The summed E-state index contributed by atoms with van der Waals surface area (Å²) in [6.45, 7) is 9.33.